The van der Waals surface area contributed by atoms with Gasteiger partial charge in [-0.15, -0.1) is 0 Å². The SMILES string of the molecule is COC(C)C(=O)O.COC(C)C(=O)OC(C)C. The fraction of sp³-hybridized carbons (Fsp3) is 0.818. The number of carboxylic acids is 1. The average Bonchev–Trinajstić information content (AvgIpc) is 2.26. The van der Waals surface area contributed by atoms with Gasteiger partial charge in [0.25, 0.3) is 0 Å². The van der Waals surface area contributed by atoms with E-state index in [9.17, 15) is 9.59 Å². The van der Waals surface area contributed by atoms with Gasteiger partial charge in [-0.2, -0.15) is 0 Å². The van der Waals surface area contributed by atoms with Crippen LogP contribution in [0.15, 0.2) is 0 Å². The molecule has 6 heteroatoms. The Labute approximate surface area is 102 Å². The molecule has 0 aromatic rings. The molecule has 0 amide bonds. The molecule has 6 nitrogen and oxygen atoms in total. The number of carbonyl (C=O) groups is 2. The second kappa shape index (κ2) is 10.0. The molecule has 0 radical (unpaired) electrons. The second-order valence-corrected chi connectivity index (χ2v) is 3.58. The quantitative estimate of drug-likeness (QED) is 0.735. The van der Waals surface area contributed by atoms with E-state index < -0.39 is 18.2 Å². The fourth-order valence-corrected chi connectivity index (χ4v) is 0.525. The van der Waals surface area contributed by atoms with Crippen molar-refractivity contribution < 1.29 is 28.9 Å². The Morgan fingerprint density at radius 1 is 0.941 bits per heavy atom. The Bertz CT molecular complexity index is 226. The minimum absolute atomic E-state index is 0.0647. The summed E-state index contributed by atoms with van der Waals surface area (Å²) in [4.78, 5) is 20.6. The van der Waals surface area contributed by atoms with Gasteiger partial charge in [0.05, 0.1) is 6.10 Å². The van der Waals surface area contributed by atoms with Gasteiger partial charge >= 0.3 is 11.9 Å². The normalized spacial score (nSPS) is 13.4. The molecule has 2 atom stereocenters. The first kappa shape index (κ1) is 18.2. The lowest BCUT2D eigenvalue weighted by atomic mass is 10.4. The summed E-state index contributed by atoms with van der Waals surface area (Å²) in [6.45, 7) is 6.74. The molecule has 0 spiro atoms. The molecule has 0 aromatic carbocycles. The molecule has 0 aliphatic heterocycles. The van der Waals surface area contributed by atoms with Gasteiger partial charge in [0.1, 0.15) is 0 Å². The molecular formula is C11H22O6. The number of aliphatic carboxylic acids is 1. The van der Waals surface area contributed by atoms with Crippen molar-refractivity contribution in [1.29, 1.82) is 0 Å². The highest BCUT2D eigenvalue weighted by molar-refractivity contribution is 5.74. The molecule has 0 aromatic heterocycles. The summed E-state index contributed by atoms with van der Waals surface area (Å²) in [5, 5.41) is 8.06. The Kier molecular flexibility index (Phi) is 10.8. The van der Waals surface area contributed by atoms with E-state index in [1.807, 2.05) is 0 Å². The predicted molar refractivity (Wildman–Crippen MR) is 61.8 cm³/mol. The smallest absolute Gasteiger partial charge is 0.335 e. The molecule has 102 valence electrons. The number of ether oxygens (including phenoxy) is 3. The zero-order chi connectivity index (χ0) is 14.0. The van der Waals surface area contributed by atoms with Crippen molar-refractivity contribution in [2.45, 2.75) is 46.0 Å². The molecule has 0 aliphatic carbocycles. The standard InChI is InChI=1S/C7H14O3.C4H8O3/c1-5(2)10-7(8)6(3)9-4;1-3(7-2)4(5)6/h5-6H,1-4H3;3H,1-2H3,(H,5,6). The third kappa shape index (κ3) is 11.1. The van der Waals surface area contributed by atoms with Crippen LogP contribution in [0.2, 0.25) is 0 Å². The zero-order valence-electron chi connectivity index (χ0n) is 11.2. The topological polar surface area (TPSA) is 82.1 Å². The Morgan fingerprint density at radius 2 is 1.35 bits per heavy atom. The van der Waals surface area contributed by atoms with Crippen LogP contribution in [0.5, 0.6) is 0 Å². The van der Waals surface area contributed by atoms with Gasteiger partial charge in [0.15, 0.2) is 12.2 Å². The largest absolute Gasteiger partial charge is 0.479 e. The van der Waals surface area contributed by atoms with Gasteiger partial charge in [0, 0.05) is 14.2 Å². The first-order valence-corrected chi connectivity index (χ1v) is 5.25. The van der Waals surface area contributed by atoms with Gasteiger partial charge in [-0.1, -0.05) is 0 Å². The molecule has 0 saturated carbocycles. The summed E-state index contributed by atoms with van der Waals surface area (Å²) in [6, 6.07) is 0. The van der Waals surface area contributed by atoms with Gasteiger partial charge < -0.3 is 19.3 Å². The fourth-order valence-electron chi connectivity index (χ4n) is 0.525. The number of carboxylic acid groups (broad SMARTS) is 1. The van der Waals surface area contributed by atoms with Crippen LogP contribution in [-0.2, 0) is 23.8 Å². The van der Waals surface area contributed by atoms with E-state index in [4.69, 9.17) is 14.6 Å². The lowest BCUT2D eigenvalue weighted by Crippen LogP contribution is -2.24. The van der Waals surface area contributed by atoms with E-state index in [0.29, 0.717) is 0 Å². The molecule has 0 saturated heterocycles. The highest BCUT2D eigenvalue weighted by Gasteiger charge is 2.13. The minimum atomic E-state index is -0.928. The molecule has 0 rings (SSSR count). The first-order valence-electron chi connectivity index (χ1n) is 5.25. The second-order valence-electron chi connectivity index (χ2n) is 3.58. The van der Waals surface area contributed by atoms with Crippen LogP contribution in [0.4, 0.5) is 0 Å². The van der Waals surface area contributed by atoms with Crippen LogP contribution in [0.3, 0.4) is 0 Å². The maximum Gasteiger partial charge on any atom is 0.335 e. The van der Waals surface area contributed by atoms with Gasteiger partial charge in [-0.05, 0) is 27.7 Å². The summed E-state index contributed by atoms with van der Waals surface area (Å²) >= 11 is 0. The Hall–Kier alpha value is -1.14. The summed E-state index contributed by atoms with van der Waals surface area (Å²) in [5.74, 6) is -1.24. The average molecular weight is 250 g/mol. The van der Waals surface area contributed by atoms with E-state index in [1.54, 1.807) is 20.8 Å². The molecule has 17 heavy (non-hydrogen) atoms. The number of carbonyl (C=O) groups excluding carboxylic acids is 1. The number of esters is 1. The molecule has 0 heterocycles. The van der Waals surface area contributed by atoms with Crippen LogP contribution >= 0.6 is 0 Å². The number of hydrogen-bond acceptors (Lipinski definition) is 5. The van der Waals surface area contributed by atoms with Crippen molar-refractivity contribution in [3.8, 4) is 0 Å². The van der Waals surface area contributed by atoms with E-state index >= 15 is 0 Å². The van der Waals surface area contributed by atoms with Crippen molar-refractivity contribution in [2.75, 3.05) is 14.2 Å². The first-order chi connectivity index (χ1) is 7.76. The summed E-state index contributed by atoms with van der Waals surface area (Å²) < 4.78 is 14.0. The summed E-state index contributed by atoms with van der Waals surface area (Å²) in [7, 11) is 2.84. The van der Waals surface area contributed by atoms with Crippen molar-refractivity contribution >= 4 is 11.9 Å². The third-order valence-corrected chi connectivity index (χ3v) is 1.74. The van der Waals surface area contributed by atoms with Crippen LogP contribution in [0, 0.1) is 0 Å². The van der Waals surface area contributed by atoms with Crippen molar-refractivity contribution in [3.05, 3.63) is 0 Å². The lowest BCUT2D eigenvalue weighted by molar-refractivity contribution is -0.158. The number of hydrogen-bond donors (Lipinski definition) is 1. The minimum Gasteiger partial charge on any atom is -0.479 e. The van der Waals surface area contributed by atoms with Crippen molar-refractivity contribution in [2.24, 2.45) is 0 Å². The molecule has 1 N–H and O–H groups in total. The van der Waals surface area contributed by atoms with Crippen molar-refractivity contribution in [3.63, 3.8) is 0 Å². The van der Waals surface area contributed by atoms with Gasteiger partial charge in [-0.25, -0.2) is 9.59 Å². The Morgan fingerprint density at radius 3 is 1.53 bits per heavy atom. The summed E-state index contributed by atoms with van der Waals surface area (Å²) in [5.41, 5.74) is 0. The van der Waals surface area contributed by atoms with Crippen molar-refractivity contribution in [1.82, 2.24) is 0 Å². The maximum absolute atomic E-state index is 10.8. The zero-order valence-corrected chi connectivity index (χ0v) is 11.2. The molecular weight excluding hydrogens is 228 g/mol. The van der Waals surface area contributed by atoms with Gasteiger partial charge in [-0.3, -0.25) is 0 Å². The highest BCUT2D eigenvalue weighted by atomic mass is 16.6. The molecule has 0 bridgehead atoms. The lowest BCUT2D eigenvalue weighted by Gasteiger charge is -2.11. The van der Waals surface area contributed by atoms with E-state index in [-0.39, 0.29) is 12.1 Å². The van der Waals surface area contributed by atoms with Crippen LogP contribution in [0.1, 0.15) is 27.7 Å². The van der Waals surface area contributed by atoms with E-state index in [2.05, 4.69) is 4.74 Å². The van der Waals surface area contributed by atoms with Gasteiger partial charge in [0.2, 0.25) is 0 Å². The van der Waals surface area contributed by atoms with Crippen LogP contribution < -0.4 is 0 Å². The molecule has 2 unspecified atom stereocenters. The van der Waals surface area contributed by atoms with Crippen LogP contribution in [0.25, 0.3) is 0 Å². The highest BCUT2D eigenvalue weighted by Crippen LogP contribution is 1.95. The molecule has 0 fully saturated rings. The third-order valence-electron chi connectivity index (χ3n) is 1.74. The molecule has 0 aliphatic rings. The van der Waals surface area contributed by atoms with Crippen LogP contribution in [-0.4, -0.2) is 49.6 Å². The van der Waals surface area contributed by atoms with E-state index in [0.717, 1.165) is 0 Å². The number of methoxy groups -OCH3 is 2. The summed E-state index contributed by atoms with van der Waals surface area (Å²) in [6.07, 6.45) is -1.20. The Balaban J connectivity index is 0. The monoisotopic (exact) mass is 250 g/mol. The predicted octanol–water partition coefficient (Wildman–Crippen LogP) is 1.08. The number of rotatable bonds is 5. The maximum atomic E-state index is 10.8. The van der Waals surface area contributed by atoms with E-state index in [1.165, 1.54) is 21.1 Å².